The van der Waals surface area contributed by atoms with Gasteiger partial charge in [-0.3, -0.25) is 9.20 Å². The first kappa shape index (κ1) is 16.7. The van der Waals surface area contributed by atoms with E-state index in [0.717, 1.165) is 28.0 Å². The zero-order valence-corrected chi connectivity index (χ0v) is 14.2. The molecule has 0 saturated heterocycles. The van der Waals surface area contributed by atoms with E-state index in [4.69, 9.17) is 11.5 Å². The van der Waals surface area contributed by atoms with Crippen molar-refractivity contribution in [1.82, 2.24) is 14.7 Å². The number of rotatable bonds is 4. The summed E-state index contributed by atoms with van der Waals surface area (Å²) in [6, 6.07) is 11.1. The molecule has 128 valence electrons. The Morgan fingerprint density at radius 1 is 1.20 bits per heavy atom. The van der Waals surface area contributed by atoms with Crippen molar-refractivity contribution in [2.24, 2.45) is 11.5 Å². The summed E-state index contributed by atoms with van der Waals surface area (Å²) in [5.74, 6) is -0.110. The third kappa shape index (κ3) is 3.12. The quantitative estimate of drug-likeness (QED) is 0.679. The molecule has 0 aliphatic carbocycles. The molecule has 0 radical (unpaired) electrons. The summed E-state index contributed by atoms with van der Waals surface area (Å²) >= 11 is 0. The van der Waals surface area contributed by atoms with Gasteiger partial charge in [-0.15, -0.1) is 0 Å². The van der Waals surface area contributed by atoms with Gasteiger partial charge in [0, 0.05) is 30.4 Å². The maximum absolute atomic E-state index is 11.7. The topological polar surface area (TPSA) is 98.4 Å². The Bertz CT molecular complexity index is 938. The summed E-state index contributed by atoms with van der Waals surface area (Å²) in [6.45, 7) is 1.90. The number of nitrogens with one attached hydrogen (secondary N) is 1. The number of nitrogens with two attached hydrogens (primary N) is 2. The SMILES string of the molecule is CNC(=O)c1ccc(-c2cnc3ccc(/C(=C/N)C(C)N)cn23)cc1. The van der Waals surface area contributed by atoms with Gasteiger partial charge in [-0.1, -0.05) is 12.1 Å². The molecule has 2 aromatic heterocycles. The average molecular weight is 335 g/mol. The smallest absolute Gasteiger partial charge is 0.251 e. The van der Waals surface area contributed by atoms with Crippen LogP contribution in [0.25, 0.3) is 22.5 Å². The third-order valence-electron chi connectivity index (χ3n) is 4.18. The Kier molecular flexibility index (Phi) is 4.54. The highest BCUT2D eigenvalue weighted by Crippen LogP contribution is 2.24. The van der Waals surface area contributed by atoms with E-state index in [9.17, 15) is 4.79 Å². The molecule has 0 saturated carbocycles. The molecule has 0 aliphatic heterocycles. The molecule has 1 atom stereocenters. The van der Waals surface area contributed by atoms with Crippen LogP contribution in [0, 0.1) is 0 Å². The Labute approximate surface area is 146 Å². The minimum Gasteiger partial charge on any atom is -0.404 e. The van der Waals surface area contributed by atoms with Crippen molar-refractivity contribution in [2.45, 2.75) is 13.0 Å². The normalized spacial score (nSPS) is 13.0. The molecular formula is C19H21N5O. The van der Waals surface area contributed by atoms with Crippen LogP contribution in [0.1, 0.15) is 22.8 Å². The molecule has 0 aliphatic rings. The number of benzene rings is 1. The van der Waals surface area contributed by atoms with E-state index < -0.39 is 0 Å². The van der Waals surface area contributed by atoms with E-state index in [2.05, 4.69) is 10.3 Å². The van der Waals surface area contributed by atoms with Crippen LogP contribution in [0.2, 0.25) is 0 Å². The third-order valence-corrected chi connectivity index (χ3v) is 4.18. The first-order valence-electron chi connectivity index (χ1n) is 8.02. The summed E-state index contributed by atoms with van der Waals surface area (Å²) in [6.07, 6.45) is 5.33. The molecule has 6 heteroatoms. The number of aromatic nitrogens is 2. The van der Waals surface area contributed by atoms with Crippen molar-refractivity contribution >= 4 is 17.1 Å². The van der Waals surface area contributed by atoms with Crippen molar-refractivity contribution in [1.29, 1.82) is 0 Å². The van der Waals surface area contributed by atoms with Crippen LogP contribution in [0.4, 0.5) is 0 Å². The van der Waals surface area contributed by atoms with Crippen LogP contribution in [-0.4, -0.2) is 28.4 Å². The molecule has 2 heterocycles. The molecule has 25 heavy (non-hydrogen) atoms. The molecule has 5 N–H and O–H groups in total. The second-order valence-corrected chi connectivity index (χ2v) is 5.86. The number of amides is 1. The lowest BCUT2D eigenvalue weighted by atomic mass is 10.0. The van der Waals surface area contributed by atoms with Gasteiger partial charge in [-0.25, -0.2) is 4.98 Å². The lowest BCUT2D eigenvalue weighted by Gasteiger charge is -2.12. The van der Waals surface area contributed by atoms with Gasteiger partial charge in [0.15, 0.2) is 0 Å². The summed E-state index contributed by atoms with van der Waals surface area (Å²) in [5, 5.41) is 2.62. The molecule has 3 aromatic rings. The van der Waals surface area contributed by atoms with Crippen LogP contribution in [-0.2, 0) is 0 Å². The Morgan fingerprint density at radius 3 is 2.48 bits per heavy atom. The highest BCUT2D eigenvalue weighted by molar-refractivity contribution is 5.94. The number of carbonyl (C=O) groups is 1. The summed E-state index contributed by atoms with van der Waals surface area (Å²) < 4.78 is 2.00. The molecule has 0 fully saturated rings. The molecular weight excluding hydrogens is 314 g/mol. The standard InChI is InChI=1S/C19H21N5O/c1-12(21)16(9-20)15-7-8-18-23-10-17(24(18)11-15)13-3-5-14(6-4-13)19(25)22-2/h3-12H,20-21H2,1-2H3,(H,22,25)/b16-9+. The van der Waals surface area contributed by atoms with Crippen LogP contribution in [0.15, 0.2) is 55.0 Å². The largest absolute Gasteiger partial charge is 0.404 e. The highest BCUT2D eigenvalue weighted by atomic mass is 16.1. The van der Waals surface area contributed by atoms with Crippen LogP contribution in [0.5, 0.6) is 0 Å². The van der Waals surface area contributed by atoms with Gasteiger partial charge in [0.25, 0.3) is 5.91 Å². The lowest BCUT2D eigenvalue weighted by Crippen LogP contribution is -2.18. The minimum absolute atomic E-state index is 0.110. The van der Waals surface area contributed by atoms with Crippen molar-refractivity contribution in [3.63, 3.8) is 0 Å². The average Bonchev–Trinajstić information content (AvgIpc) is 3.05. The predicted molar refractivity (Wildman–Crippen MR) is 99.8 cm³/mol. The number of carbonyl (C=O) groups excluding carboxylic acids is 1. The van der Waals surface area contributed by atoms with Gasteiger partial charge in [-0.2, -0.15) is 0 Å². The Morgan fingerprint density at radius 2 is 1.88 bits per heavy atom. The van der Waals surface area contributed by atoms with E-state index in [1.54, 1.807) is 25.4 Å². The van der Waals surface area contributed by atoms with Crippen molar-refractivity contribution in [2.75, 3.05) is 7.05 Å². The maximum atomic E-state index is 11.7. The summed E-state index contributed by atoms with van der Waals surface area (Å²) in [7, 11) is 1.61. The molecule has 6 nitrogen and oxygen atoms in total. The number of hydrogen-bond donors (Lipinski definition) is 3. The van der Waals surface area contributed by atoms with Crippen LogP contribution in [0.3, 0.4) is 0 Å². The number of nitrogens with zero attached hydrogens (tertiary/aromatic N) is 2. The van der Waals surface area contributed by atoms with Gasteiger partial charge in [0.2, 0.25) is 0 Å². The molecule has 0 bridgehead atoms. The highest BCUT2D eigenvalue weighted by Gasteiger charge is 2.11. The van der Waals surface area contributed by atoms with E-state index in [1.165, 1.54) is 0 Å². The predicted octanol–water partition coefficient (Wildman–Crippen LogP) is 2.01. The number of imidazole rings is 1. The van der Waals surface area contributed by atoms with E-state index in [0.29, 0.717) is 5.56 Å². The van der Waals surface area contributed by atoms with Crippen molar-refractivity contribution < 1.29 is 4.79 Å². The molecule has 3 rings (SSSR count). The van der Waals surface area contributed by atoms with Crippen LogP contribution < -0.4 is 16.8 Å². The number of pyridine rings is 1. The molecule has 1 aromatic carbocycles. The van der Waals surface area contributed by atoms with E-state index in [-0.39, 0.29) is 11.9 Å². The van der Waals surface area contributed by atoms with Gasteiger partial charge >= 0.3 is 0 Å². The molecule has 1 amide bonds. The second kappa shape index (κ2) is 6.78. The zero-order chi connectivity index (χ0) is 18.0. The Balaban J connectivity index is 2.06. The van der Waals surface area contributed by atoms with Crippen molar-refractivity contribution in [3.8, 4) is 11.3 Å². The fourth-order valence-corrected chi connectivity index (χ4v) is 2.81. The zero-order valence-electron chi connectivity index (χ0n) is 14.2. The molecule has 0 spiro atoms. The van der Waals surface area contributed by atoms with E-state index in [1.807, 2.05) is 48.0 Å². The monoisotopic (exact) mass is 335 g/mol. The van der Waals surface area contributed by atoms with Crippen LogP contribution >= 0.6 is 0 Å². The lowest BCUT2D eigenvalue weighted by molar-refractivity contribution is 0.0963. The fourth-order valence-electron chi connectivity index (χ4n) is 2.81. The first-order valence-corrected chi connectivity index (χ1v) is 8.02. The maximum Gasteiger partial charge on any atom is 0.251 e. The second-order valence-electron chi connectivity index (χ2n) is 5.86. The van der Waals surface area contributed by atoms with Gasteiger partial charge in [-0.05, 0) is 48.5 Å². The first-order chi connectivity index (χ1) is 12.0. The van der Waals surface area contributed by atoms with Gasteiger partial charge < -0.3 is 16.8 Å². The Hall–Kier alpha value is -3.12. The fraction of sp³-hybridized carbons (Fsp3) is 0.158. The number of hydrogen-bond acceptors (Lipinski definition) is 4. The summed E-state index contributed by atoms with van der Waals surface area (Å²) in [4.78, 5) is 16.1. The van der Waals surface area contributed by atoms with Crippen molar-refractivity contribution in [3.05, 3.63) is 66.1 Å². The van der Waals surface area contributed by atoms with E-state index >= 15 is 0 Å². The minimum atomic E-state index is -0.165. The van der Waals surface area contributed by atoms with Gasteiger partial charge in [0.05, 0.1) is 11.9 Å². The summed E-state index contributed by atoms with van der Waals surface area (Å²) in [5.41, 5.74) is 16.9. The van der Waals surface area contributed by atoms with Gasteiger partial charge in [0.1, 0.15) is 5.65 Å². The number of fused-ring (bicyclic) bond motifs is 1. The molecule has 1 unspecified atom stereocenters.